The summed E-state index contributed by atoms with van der Waals surface area (Å²) in [6.45, 7) is 1.92. The minimum absolute atomic E-state index is 0.104. The second kappa shape index (κ2) is 5.93. The van der Waals surface area contributed by atoms with Crippen LogP contribution in [0.2, 0.25) is 0 Å². The first-order valence-corrected chi connectivity index (χ1v) is 6.42. The number of benzene rings is 1. The van der Waals surface area contributed by atoms with Crippen molar-refractivity contribution < 1.29 is 14.6 Å². The quantitative estimate of drug-likeness (QED) is 0.789. The molecule has 1 rings (SSSR count). The van der Waals surface area contributed by atoms with E-state index in [1.165, 1.54) is 11.8 Å². The largest absolute Gasteiger partial charge is 0.496 e. The lowest BCUT2D eigenvalue weighted by atomic mass is 10.0. The fourth-order valence-corrected chi connectivity index (χ4v) is 2.45. The molecule has 0 aliphatic heterocycles. The van der Waals surface area contributed by atoms with Crippen LogP contribution in [0, 0.1) is 6.92 Å². The number of ether oxygens (including phenoxy) is 1. The average molecular weight is 255 g/mol. The molecule has 0 saturated carbocycles. The van der Waals surface area contributed by atoms with Gasteiger partial charge >= 0.3 is 5.97 Å². The third kappa shape index (κ3) is 3.14. The van der Waals surface area contributed by atoms with Crippen molar-refractivity contribution in [3.8, 4) is 5.75 Å². The Balaban J connectivity index is 3.26. The van der Waals surface area contributed by atoms with Crippen LogP contribution in [-0.4, -0.2) is 24.4 Å². The number of methoxy groups -OCH3 is 1. The van der Waals surface area contributed by atoms with Crippen molar-refractivity contribution in [2.45, 2.75) is 24.3 Å². The highest BCUT2D eigenvalue weighted by Gasteiger charge is 2.20. The molecule has 0 spiro atoms. The van der Waals surface area contributed by atoms with Crippen LogP contribution in [-0.2, 0) is 4.79 Å². The molecule has 0 heterocycles. The van der Waals surface area contributed by atoms with Gasteiger partial charge in [-0.3, -0.25) is 4.79 Å². The van der Waals surface area contributed by atoms with Gasteiger partial charge in [-0.25, -0.2) is 0 Å². The SMILES string of the molecule is COc1c(C)ccc(SC)c1C(N)CC(=O)O. The molecule has 0 fully saturated rings. The van der Waals surface area contributed by atoms with Gasteiger partial charge in [0.05, 0.1) is 13.5 Å². The predicted octanol–water partition coefficient (Wildman–Crippen LogP) is 2.20. The Morgan fingerprint density at radius 3 is 2.71 bits per heavy atom. The van der Waals surface area contributed by atoms with Gasteiger partial charge in [-0.1, -0.05) is 6.07 Å². The summed E-state index contributed by atoms with van der Waals surface area (Å²) in [4.78, 5) is 11.7. The van der Waals surface area contributed by atoms with Crippen molar-refractivity contribution in [3.05, 3.63) is 23.3 Å². The molecule has 0 bridgehead atoms. The number of aryl methyl sites for hydroxylation is 1. The van der Waals surface area contributed by atoms with Gasteiger partial charge < -0.3 is 15.6 Å². The third-order valence-corrected chi connectivity index (χ3v) is 3.34. The van der Waals surface area contributed by atoms with E-state index in [4.69, 9.17) is 15.6 Å². The molecule has 0 saturated heterocycles. The van der Waals surface area contributed by atoms with Crippen LogP contribution in [0.1, 0.15) is 23.6 Å². The Kier molecular flexibility index (Phi) is 4.84. The molecular weight excluding hydrogens is 238 g/mol. The first-order valence-electron chi connectivity index (χ1n) is 5.20. The molecular formula is C12H17NO3S. The molecule has 4 nitrogen and oxygen atoms in total. The van der Waals surface area contributed by atoms with Gasteiger partial charge in [0, 0.05) is 16.5 Å². The van der Waals surface area contributed by atoms with E-state index in [1.807, 2.05) is 25.3 Å². The zero-order valence-electron chi connectivity index (χ0n) is 10.2. The standard InChI is InChI=1S/C12H17NO3S/c1-7-4-5-9(17-3)11(12(7)16-2)8(13)6-10(14)15/h4-5,8H,6,13H2,1-3H3,(H,14,15). The second-order valence-electron chi connectivity index (χ2n) is 3.74. The fraction of sp³-hybridized carbons (Fsp3) is 0.417. The van der Waals surface area contributed by atoms with E-state index in [2.05, 4.69) is 0 Å². The summed E-state index contributed by atoms with van der Waals surface area (Å²) in [5.74, 6) is -0.223. The topological polar surface area (TPSA) is 72.5 Å². The Morgan fingerprint density at radius 1 is 1.59 bits per heavy atom. The van der Waals surface area contributed by atoms with Gasteiger partial charge in [-0.2, -0.15) is 0 Å². The molecule has 1 aromatic carbocycles. The van der Waals surface area contributed by atoms with Gasteiger partial charge in [-0.15, -0.1) is 11.8 Å². The monoisotopic (exact) mass is 255 g/mol. The first-order chi connectivity index (χ1) is 8.01. The van der Waals surface area contributed by atoms with Crippen molar-refractivity contribution in [1.29, 1.82) is 0 Å². The number of carbonyl (C=O) groups is 1. The highest BCUT2D eigenvalue weighted by molar-refractivity contribution is 7.98. The molecule has 0 aliphatic rings. The summed E-state index contributed by atoms with van der Waals surface area (Å²) < 4.78 is 5.34. The summed E-state index contributed by atoms with van der Waals surface area (Å²) in [6, 6.07) is 3.34. The van der Waals surface area contributed by atoms with E-state index in [9.17, 15) is 4.79 Å². The molecule has 5 heteroatoms. The van der Waals surface area contributed by atoms with Crippen molar-refractivity contribution in [1.82, 2.24) is 0 Å². The van der Waals surface area contributed by atoms with Crippen LogP contribution in [0.4, 0.5) is 0 Å². The Bertz CT molecular complexity index is 420. The number of thioether (sulfide) groups is 1. The molecule has 0 aliphatic carbocycles. The number of aliphatic carboxylic acids is 1. The normalized spacial score (nSPS) is 12.2. The van der Waals surface area contributed by atoms with Crippen LogP contribution >= 0.6 is 11.8 Å². The summed E-state index contributed by atoms with van der Waals surface area (Å²) in [5.41, 5.74) is 7.68. The molecule has 3 N–H and O–H groups in total. The van der Waals surface area contributed by atoms with Crippen LogP contribution in [0.15, 0.2) is 17.0 Å². The number of rotatable bonds is 5. The fourth-order valence-electron chi connectivity index (χ4n) is 1.78. The van der Waals surface area contributed by atoms with Crippen molar-refractivity contribution in [3.63, 3.8) is 0 Å². The predicted molar refractivity (Wildman–Crippen MR) is 68.7 cm³/mol. The highest BCUT2D eigenvalue weighted by atomic mass is 32.2. The lowest BCUT2D eigenvalue weighted by Gasteiger charge is -2.19. The van der Waals surface area contributed by atoms with E-state index in [1.54, 1.807) is 7.11 Å². The molecule has 0 radical (unpaired) electrons. The van der Waals surface area contributed by atoms with Crippen molar-refractivity contribution >= 4 is 17.7 Å². The summed E-state index contributed by atoms with van der Waals surface area (Å²) in [7, 11) is 1.57. The lowest BCUT2D eigenvalue weighted by Crippen LogP contribution is -2.17. The van der Waals surface area contributed by atoms with Crippen molar-refractivity contribution in [2.24, 2.45) is 5.73 Å². The van der Waals surface area contributed by atoms with Crippen LogP contribution in [0.3, 0.4) is 0 Å². The molecule has 1 atom stereocenters. The van der Waals surface area contributed by atoms with E-state index < -0.39 is 12.0 Å². The third-order valence-electron chi connectivity index (χ3n) is 2.54. The average Bonchev–Trinajstić information content (AvgIpc) is 2.27. The number of hydrogen-bond donors (Lipinski definition) is 2. The summed E-state index contributed by atoms with van der Waals surface area (Å²) in [6.07, 6.45) is 1.83. The van der Waals surface area contributed by atoms with Gasteiger partial charge in [0.15, 0.2) is 0 Å². The van der Waals surface area contributed by atoms with Gasteiger partial charge in [-0.05, 0) is 24.8 Å². The second-order valence-corrected chi connectivity index (χ2v) is 4.58. The van der Waals surface area contributed by atoms with E-state index >= 15 is 0 Å². The smallest absolute Gasteiger partial charge is 0.305 e. The minimum Gasteiger partial charge on any atom is -0.496 e. The minimum atomic E-state index is -0.909. The zero-order chi connectivity index (χ0) is 13.0. The molecule has 94 valence electrons. The van der Waals surface area contributed by atoms with Crippen LogP contribution < -0.4 is 10.5 Å². The number of hydrogen-bond acceptors (Lipinski definition) is 4. The maximum Gasteiger partial charge on any atom is 0.305 e. The number of carboxylic acid groups (broad SMARTS) is 1. The summed E-state index contributed by atoms with van der Waals surface area (Å²) >= 11 is 1.54. The molecule has 1 aromatic rings. The Labute approximate surface area is 105 Å². The van der Waals surface area contributed by atoms with Gasteiger partial charge in [0.2, 0.25) is 0 Å². The van der Waals surface area contributed by atoms with E-state index in [-0.39, 0.29) is 6.42 Å². The molecule has 1 unspecified atom stereocenters. The Morgan fingerprint density at radius 2 is 2.24 bits per heavy atom. The van der Waals surface area contributed by atoms with E-state index in [0.717, 1.165) is 16.0 Å². The zero-order valence-corrected chi connectivity index (χ0v) is 11.0. The van der Waals surface area contributed by atoms with Gasteiger partial charge in [0.25, 0.3) is 0 Å². The van der Waals surface area contributed by atoms with Gasteiger partial charge in [0.1, 0.15) is 5.75 Å². The van der Waals surface area contributed by atoms with Crippen LogP contribution in [0.25, 0.3) is 0 Å². The number of nitrogens with two attached hydrogens (primary N) is 1. The highest BCUT2D eigenvalue weighted by Crippen LogP contribution is 2.36. The van der Waals surface area contributed by atoms with E-state index in [0.29, 0.717) is 5.75 Å². The maximum atomic E-state index is 10.7. The molecule has 17 heavy (non-hydrogen) atoms. The lowest BCUT2D eigenvalue weighted by molar-refractivity contribution is -0.137. The first kappa shape index (κ1) is 13.9. The van der Waals surface area contributed by atoms with Crippen molar-refractivity contribution in [2.75, 3.05) is 13.4 Å². The Hall–Kier alpha value is -1.20. The summed E-state index contributed by atoms with van der Waals surface area (Å²) in [5, 5.41) is 8.81. The van der Waals surface area contributed by atoms with Crippen LogP contribution in [0.5, 0.6) is 5.75 Å². The number of carboxylic acids is 1. The molecule has 0 amide bonds. The molecule has 0 aromatic heterocycles. The maximum absolute atomic E-state index is 10.7.